The fourth-order valence-electron chi connectivity index (χ4n) is 2.73. The molecule has 1 unspecified atom stereocenters. The van der Waals surface area contributed by atoms with Crippen molar-refractivity contribution in [1.82, 2.24) is 9.80 Å². The average Bonchev–Trinajstić information content (AvgIpc) is 2.55. The first-order valence-electron chi connectivity index (χ1n) is 7.82. The van der Waals surface area contributed by atoms with E-state index < -0.39 is 0 Å². The fourth-order valence-corrected chi connectivity index (χ4v) is 2.73. The van der Waals surface area contributed by atoms with Crippen LogP contribution >= 0.6 is 0 Å². The smallest absolute Gasteiger partial charge is 0.222 e. The Morgan fingerprint density at radius 2 is 1.91 bits per heavy atom. The van der Waals surface area contributed by atoms with Crippen molar-refractivity contribution in [3.63, 3.8) is 0 Å². The van der Waals surface area contributed by atoms with Gasteiger partial charge in [0.2, 0.25) is 5.91 Å². The van der Waals surface area contributed by atoms with Crippen molar-refractivity contribution in [2.45, 2.75) is 32.2 Å². The number of carbonyl (C=O) groups excluding carboxylic acids is 1. The highest BCUT2D eigenvalue weighted by Gasteiger charge is 2.26. The molecule has 0 radical (unpaired) electrons. The van der Waals surface area contributed by atoms with E-state index in [9.17, 15) is 14.4 Å². The Morgan fingerprint density at radius 3 is 2.45 bits per heavy atom. The van der Waals surface area contributed by atoms with Crippen LogP contribution in [0.2, 0.25) is 0 Å². The van der Waals surface area contributed by atoms with Gasteiger partial charge in [-0.3, -0.25) is 9.69 Å². The molecule has 1 heterocycles. The maximum Gasteiger partial charge on any atom is 0.222 e. The van der Waals surface area contributed by atoms with E-state index in [1.165, 1.54) is 12.1 Å². The molecule has 5 heteroatoms. The van der Waals surface area contributed by atoms with Gasteiger partial charge in [0, 0.05) is 32.6 Å². The second-order valence-corrected chi connectivity index (χ2v) is 5.60. The molecule has 0 aliphatic carbocycles. The van der Waals surface area contributed by atoms with Crippen LogP contribution in [0, 0.1) is 17.1 Å². The molecule has 0 bridgehead atoms. The quantitative estimate of drug-likeness (QED) is 0.840. The molecular formula is C17H22FN3O. The summed E-state index contributed by atoms with van der Waals surface area (Å²) in [6.07, 6.45) is 2.55. The SMILES string of the molecule is CCCCC(=O)N1CCN(C(C#N)c2ccc(F)cc2)CC1. The molecule has 0 saturated carbocycles. The maximum atomic E-state index is 13.0. The molecule has 1 atom stereocenters. The lowest BCUT2D eigenvalue weighted by Gasteiger charge is -2.37. The van der Waals surface area contributed by atoms with E-state index in [1.54, 1.807) is 12.1 Å². The number of halogens is 1. The van der Waals surface area contributed by atoms with Crippen molar-refractivity contribution < 1.29 is 9.18 Å². The van der Waals surface area contributed by atoms with Crippen molar-refractivity contribution in [3.8, 4) is 6.07 Å². The van der Waals surface area contributed by atoms with Gasteiger partial charge in [0.25, 0.3) is 0 Å². The van der Waals surface area contributed by atoms with Gasteiger partial charge in [-0.1, -0.05) is 25.5 Å². The van der Waals surface area contributed by atoms with Gasteiger partial charge in [-0.2, -0.15) is 5.26 Å². The molecule has 0 aromatic heterocycles. The van der Waals surface area contributed by atoms with E-state index >= 15 is 0 Å². The van der Waals surface area contributed by atoms with Crippen molar-refractivity contribution in [1.29, 1.82) is 5.26 Å². The lowest BCUT2D eigenvalue weighted by molar-refractivity contribution is -0.133. The lowest BCUT2D eigenvalue weighted by atomic mass is 10.1. The van der Waals surface area contributed by atoms with Gasteiger partial charge in [-0.05, 0) is 24.1 Å². The second kappa shape index (κ2) is 7.90. The Balaban J connectivity index is 1.93. The number of nitriles is 1. The third kappa shape index (κ3) is 4.05. The zero-order valence-corrected chi connectivity index (χ0v) is 13.0. The third-order valence-electron chi connectivity index (χ3n) is 4.08. The average molecular weight is 303 g/mol. The van der Waals surface area contributed by atoms with Crippen molar-refractivity contribution >= 4 is 5.91 Å². The minimum absolute atomic E-state index is 0.205. The molecule has 0 N–H and O–H groups in total. The molecular weight excluding hydrogens is 281 g/mol. The summed E-state index contributed by atoms with van der Waals surface area (Å²) < 4.78 is 13.0. The normalized spacial score (nSPS) is 17.0. The van der Waals surface area contributed by atoms with Crippen molar-refractivity contribution in [2.24, 2.45) is 0 Å². The number of piperazine rings is 1. The van der Waals surface area contributed by atoms with E-state index in [2.05, 4.69) is 17.9 Å². The van der Waals surface area contributed by atoms with Crippen LogP contribution in [0.4, 0.5) is 4.39 Å². The van der Waals surface area contributed by atoms with Crippen molar-refractivity contribution in [3.05, 3.63) is 35.6 Å². The van der Waals surface area contributed by atoms with Gasteiger partial charge in [-0.25, -0.2) is 4.39 Å². The summed E-state index contributed by atoms with van der Waals surface area (Å²) in [7, 11) is 0. The van der Waals surface area contributed by atoms with Crippen LogP contribution < -0.4 is 0 Å². The molecule has 1 saturated heterocycles. The van der Waals surface area contributed by atoms with E-state index in [4.69, 9.17) is 0 Å². The number of carbonyl (C=O) groups is 1. The van der Waals surface area contributed by atoms with Crippen LogP contribution in [0.25, 0.3) is 0 Å². The summed E-state index contributed by atoms with van der Waals surface area (Å²) in [4.78, 5) is 15.9. The van der Waals surface area contributed by atoms with Crippen LogP contribution in [0.3, 0.4) is 0 Å². The Hall–Kier alpha value is -1.93. The van der Waals surface area contributed by atoms with Crippen LogP contribution in [0.1, 0.15) is 37.8 Å². The number of hydrogen-bond donors (Lipinski definition) is 0. The molecule has 1 aromatic rings. The first-order valence-corrected chi connectivity index (χ1v) is 7.82. The summed E-state index contributed by atoms with van der Waals surface area (Å²) in [6, 6.07) is 7.97. The van der Waals surface area contributed by atoms with Crippen LogP contribution in [-0.2, 0) is 4.79 Å². The zero-order chi connectivity index (χ0) is 15.9. The molecule has 118 valence electrons. The maximum absolute atomic E-state index is 13.0. The molecule has 1 aliphatic rings. The van der Waals surface area contributed by atoms with Crippen LogP contribution in [0.15, 0.2) is 24.3 Å². The number of hydrogen-bond acceptors (Lipinski definition) is 3. The van der Waals surface area contributed by atoms with E-state index in [0.29, 0.717) is 32.6 Å². The predicted molar refractivity (Wildman–Crippen MR) is 82.4 cm³/mol. The molecule has 1 aromatic carbocycles. The molecule has 1 amide bonds. The highest BCUT2D eigenvalue weighted by Crippen LogP contribution is 2.22. The Kier molecular flexibility index (Phi) is 5.91. The highest BCUT2D eigenvalue weighted by atomic mass is 19.1. The first kappa shape index (κ1) is 16.4. The molecule has 1 aliphatic heterocycles. The number of amides is 1. The molecule has 1 fully saturated rings. The van der Waals surface area contributed by atoms with E-state index in [1.807, 2.05) is 4.90 Å². The number of benzene rings is 1. The lowest BCUT2D eigenvalue weighted by Crippen LogP contribution is -2.49. The summed E-state index contributed by atoms with van der Waals surface area (Å²) in [5.41, 5.74) is 0.801. The largest absolute Gasteiger partial charge is 0.340 e. The Labute approximate surface area is 131 Å². The van der Waals surface area contributed by atoms with E-state index in [-0.39, 0.29) is 17.8 Å². The van der Waals surface area contributed by atoms with Crippen LogP contribution in [-0.4, -0.2) is 41.9 Å². The zero-order valence-electron chi connectivity index (χ0n) is 13.0. The van der Waals surface area contributed by atoms with Gasteiger partial charge in [0.1, 0.15) is 11.9 Å². The summed E-state index contributed by atoms with van der Waals surface area (Å²) in [6.45, 7) is 4.73. The standard InChI is InChI=1S/C17H22FN3O/c1-2-3-4-17(22)21-11-9-20(10-12-21)16(13-19)14-5-7-15(18)8-6-14/h5-8,16H,2-4,9-12H2,1H3. The summed E-state index contributed by atoms with van der Waals surface area (Å²) in [5, 5.41) is 9.43. The number of unbranched alkanes of at least 4 members (excludes halogenated alkanes) is 1. The summed E-state index contributed by atoms with van der Waals surface area (Å²) >= 11 is 0. The van der Waals surface area contributed by atoms with Gasteiger partial charge < -0.3 is 4.90 Å². The van der Waals surface area contributed by atoms with Crippen molar-refractivity contribution in [2.75, 3.05) is 26.2 Å². The van der Waals surface area contributed by atoms with Gasteiger partial charge in [-0.15, -0.1) is 0 Å². The molecule has 2 rings (SSSR count). The predicted octanol–water partition coefficient (Wildman–Crippen LogP) is 2.72. The number of nitrogens with zero attached hydrogens (tertiary/aromatic N) is 3. The van der Waals surface area contributed by atoms with Crippen LogP contribution in [0.5, 0.6) is 0 Å². The monoisotopic (exact) mass is 303 g/mol. The van der Waals surface area contributed by atoms with Gasteiger partial charge >= 0.3 is 0 Å². The van der Waals surface area contributed by atoms with E-state index in [0.717, 1.165) is 18.4 Å². The highest BCUT2D eigenvalue weighted by molar-refractivity contribution is 5.76. The molecule has 4 nitrogen and oxygen atoms in total. The topological polar surface area (TPSA) is 47.3 Å². The Morgan fingerprint density at radius 1 is 1.27 bits per heavy atom. The second-order valence-electron chi connectivity index (χ2n) is 5.60. The fraction of sp³-hybridized carbons (Fsp3) is 0.529. The minimum Gasteiger partial charge on any atom is -0.340 e. The Bertz CT molecular complexity index is 530. The van der Waals surface area contributed by atoms with Gasteiger partial charge in [0.15, 0.2) is 0 Å². The number of rotatable bonds is 5. The third-order valence-corrected chi connectivity index (χ3v) is 4.08. The first-order chi connectivity index (χ1) is 10.7. The van der Waals surface area contributed by atoms with Gasteiger partial charge in [0.05, 0.1) is 6.07 Å². The molecule has 0 spiro atoms. The summed E-state index contributed by atoms with van der Waals surface area (Å²) in [5.74, 6) is -0.0939. The minimum atomic E-state index is -0.381. The molecule has 22 heavy (non-hydrogen) atoms.